The van der Waals surface area contributed by atoms with E-state index in [-0.39, 0.29) is 0 Å². The molecule has 0 aromatic heterocycles. The molecule has 0 atom stereocenters. The van der Waals surface area contributed by atoms with Crippen molar-refractivity contribution in [3.8, 4) is 0 Å². The van der Waals surface area contributed by atoms with Crippen LogP contribution < -0.4 is 16.0 Å². The number of hydrogen-bond acceptors (Lipinski definition) is 2. The smallest absolute Gasteiger partial charge is 0.323 e. The van der Waals surface area contributed by atoms with Gasteiger partial charge in [-0.25, -0.2) is 9.59 Å². The summed E-state index contributed by atoms with van der Waals surface area (Å²) in [7, 11) is 0. The van der Waals surface area contributed by atoms with E-state index in [0.717, 1.165) is 17.5 Å². The Labute approximate surface area is 129 Å². The fourth-order valence-corrected chi connectivity index (χ4v) is 1.93. The predicted molar refractivity (Wildman–Crippen MR) is 85.4 cm³/mol. The molecule has 22 heavy (non-hydrogen) atoms. The zero-order valence-electron chi connectivity index (χ0n) is 12.2. The van der Waals surface area contributed by atoms with Gasteiger partial charge in [-0.05, 0) is 17.5 Å². The first-order valence-electron chi connectivity index (χ1n) is 7.14. The minimum Gasteiger partial charge on any atom is -0.337 e. The lowest BCUT2D eigenvalue weighted by Gasteiger charge is -2.08. The number of carbonyl (C=O) groups excluding carboxylic acids is 2. The van der Waals surface area contributed by atoms with Crippen molar-refractivity contribution in [1.82, 2.24) is 16.0 Å². The van der Waals surface area contributed by atoms with Gasteiger partial charge in [0.1, 0.15) is 0 Å². The van der Waals surface area contributed by atoms with Crippen molar-refractivity contribution in [3.63, 3.8) is 0 Å². The molecule has 0 unspecified atom stereocenters. The highest BCUT2D eigenvalue weighted by molar-refractivity contribution is 5.93. The van der Waals surface area contributed by atoms with Crippen molar-refractivity contribution in [1.29, 1.82) is 0 Å². The SMILES string of the molecule is O=C(NCCc1ccccc1)NC(=O)NCc1ccccc1. The molecule has 0 saturated carbocycles. The summed E-state index contributed by atoms with van der Waals surface area (Å²) in [6.07, 6.45) is 0.722. The molecule has 114 valence electrons. The molecule has 2 aromatic rings. The number of imide groups is 1. The summed E-state index contributed by atoms with van der Waals surface area (Å²) in [5.41, 5.74) is 2.11. The fraction of sp³-hybridized carbons (Fsp3) is 0.176. The normalized spacial score (nSPS) is 9.82. The third kappa shape index (κ3) is 5.66. The largest absolute Gasteiger partial charge is 0.337 e. The van der Waals surface area contributed by atoms with Crippen molar-refractivity contribution in [3.05, 3.63) is 71.8 Å². The van der Waals surface area contributed by atoms with Gasteiger partial charge < -0.3 is 10.6 Å². The number of nitrogens with one attached hydrogen (secondary N) is 3. The molecule has 5 heteroatoms. The minimum absolute atomic E-state index is 0.379. The Balaban J connectivity index is 1.63. The molecule has 3 N–H and O–H groups in total. The average Bonchev–Trinajstić information content (AvgIpc) is 2.55. The highest BCUT2D eigenvalue weighted by Gasteiger charge is 2.06. The minimum atomic E-state index is -0.513. The molecule has 0 spiro atoms. The molecule has 0 saturated heterocycles. The van der Waals surface area contributed by atoms with Crippen LogP contribution in [-0.4, -0.2) is 18.6 Å². The van der Waals surface area contributed by atoms with Crippen molar-refractivity contribution >= 4 is 12.1 Å². The van der Waals surface area contributed by atoms with Gasteiger partial charge in [-0.3, -0.25) is 5.32 Å². The summed E-state index contributed by atoms with van der Waals surface area (Å²) in [6, 6.07) is 18.3. The Morgan fingerprint density at radius 1 is 0.727 bits per heavy atom. The van der Waals surface area contributed by atoms with Gasteiger partial charge >= 0.3 is 12.1 Å². The van der Waals surface area contributed by atoms with E-state index in [0.29, 0.717) is 13.1 Å². The van der Waals surface area contributed by atoms with Crippen molar-refractivity contribution in [2.24, 2.45) is 0 Å². The van der Waals surface area contributed by atoms with Crippen LogP contribution in [0.15, 0.2) is 60.7 Å². The summed E-state index contributed by atoms with van der Waals surface area (Å²) in [5, 5.41) is 7.51. The average molecular weight is 297 g/mol. The number of urea groups is 2. The molecule has 0 radical (unpaired) electrons. The summed E-state index contributed by atoms with van der Waals surface area (Å²) in [5.74, 6) is 0. The van der Waals surface area contributed by atoms with Gasteiger partial charge in [0.25, 0.3) is 0 Å². The Bertz CT molecular complexity index is 600. The van der Waals surface area contributed by atoms with Gasteiger partial charge in [-0.2, -0.15) is 0 Å². The van der Waals surface area contributed by atoms with Gasteiger partial charge in [0.15, 0.2) is 0 Å². The van der Waals surface area contributed by atoms with E-state index in [9.17, 15) is 9.59 Å². The van der Waals surface area contributed by atoms with E-state index in [1.807, 2.05) is 60.7 Å². The molecule has 2 aromatic carbocycles. The molecular weight excluding hydrogens is 278 g/mol. The summed E-state index contributed by atoms with van der Waals surface area (Å²) >= 11 is 0. The van der Waals surface area contributed by atoms with Crippen LogP contribution in [0.1, 0.15) is 11.1 Å². The van der Waals surface area contributed by atoms with Crippen LogP contribution in [0, 0.1) is 0 Å². The van der Waals surface area contributed by atoms with E-state index >= 15 is 0 Å². The maximum atomic E-state index is 11.6. The molecule has 0 aliphatic carbocycles. The molecule has 0 bridgehead atoms. The van der Waals surface area contributed by atoms with Gasteiger partial charge in [-0.1, -0.05) is 60.7 Å². The topological polar surface area (TPSA) is 70.2 Å². The van der Waals surface area contributed by atoms with Gasteiger partial charge in [0.2, 0.25) is 0 Å². The lowest BCUT2D eigenvalue weighted by atomic mass is 10.1. The molecule has 0 heterocycles. The van der Waals surface area contributed by atoms with Crippen LogP contribution in [0.3, 0.4) is 0 Å². The molecule has 5 nitrogen and oxygen atoms in total. The third-order valence-electron chi connectivity index (χ3n) is 3.07. The van der Waals surface area contributed by atoms with E-state index in [2.05, 4.69) is 16.0 Å². The first-order valence-corrected chi connectivity index (χ1v) is 7.14. The standard InChI is InChI=1S/C17H19N3O2/c21-16(18-12-11-14-7-3-1-4-8-14)20-17(22)19-13-15-9-5-2-6-10-15/h1-10H,11-13H2,(H3,18,19,20,21,22). The Hall–Kier alpha value is -2.82. The first kappa shape index (κ1) is 15.6. The second-order valence-electron chi connectivity index (χ2n) is 4.78. The summed E-state index contributed by atoms with van der Waals surface area (Å²) in [4.78, 5) is 23.1. The predicted octanol–water partition coefficient (Wildman–Crippen LogP) is 2.44. The Kier molecular flexibility index (Phi) is 5.99. The fourth-order valence-electron chi connectivity index (χ4n) is 1.93. The van der Waals surface area contributed by atoms with Crippen LogP contribution in [0.25, 0.3) is 0 Å². The maximum absolute atomic E-state index is 11.6. The molecule has 2 rings (SSSR count). The Morgan fingerprint density at radius 3 is 1.91 bits per heavy atom. The highest BCUT2D eigenvalue weighted by Crippen LogP contribution is 1.98. The van der Waals surface area contributed by atoms with E-state index in [1.54, 1.807) is 0 Å². The highest BCUT2D eigenvalue weighted by atomic mass is 16.2. The molecular formula is C17H19N3O2. The van der Waals surface area contributed by atoms with Crippen LogP contribution in [0.5, 0.6) is 0 Å². The van der Waals surface area contributed by atoms with E-state index in [4.69, 9.17) is 0 Å². The first-order chi connectivity index (χ1) is 10.7. The van der Waals surface area contributed by atoms with Crippen molar-refractivity contribution in [2.75, 3.05) is 6.54 Å². The second kappa shape index (κ2) is 8.46. The zero-order chi connectivity index (χ0) is 15.6. The lowest BCUT2D eigenvalue weighted by Crippen LogP contribution is -2.45. The quantitative estimate of drug-likeness (QED) is 0.793. The van der Waals surface area contributed by atoms with Crippen LogP contribution in [0.2, 0.25) is 0 Å². The van der Waals surface area contributed by atoms with E-state index < -0.39 is 12.1 Å². The third-order valence-corrected chi connectivity index (χ3v) is 3.07. The molecule has 0 fully saturated rings. The molecule has 0 aliphatic rings. The van der Waals surface area contributed by atoms with E-state index in [1.165, 1.54) is 0 Å². The number of benzene rings is 2. The number of carbonyl (C=O) groups is 2. The maximum Gasteiger partial charge on any atom is 0.323 e. The number of hydrogen-bond donors (Lipinski definition) is 3. The van der Waals surface area contributed by atoms with Gasteiger partial charge in [-0.15, -0.1) is 0 Å². The van der Waals surface area contributed by atoms with Crippen LogP contribution in [-0.2, 0) is 13.0 Å². The van der Waals surface area contributed by atoms with Crippen molar-refractivity contribution in [2.45, 2.75) is 13.0 Å². The monoisotopic (exact) mass is 297 g/mol. The molecule has 4 amide bonds. The lowest BCUT2D eigenvalue weighted by molar-refractivity contribution is 0.227. The summed E-state index contributed by atoms with van der Waals surface area (Å²) < 4.78 is 0. The van der Waals surface area contributed by atoms with Crippen LogP contribution in [0.4, 0.5) is 9.59 Å². The van der Waals surface area contributed by atoms with Gasteiger partial charge in [0.05, 0.1) is 0 Å². The second-order valence-corrected chi connectivity index (χ2v) is 4.78. The summed E-state index contributed by atoms with van der Waals surface area (Å²) in [6.45, 7) is 0.853. The number of rotatable bonds is 5. The number of amides is 4. The Morgan fingerprint density at radius 2 is 1.27 bits per heavy atom. The zero-order valence-corrected chi connectivity index (χ0v) is 12.2. The van der Waals surface area contributed by atoms with Crippen molar-refractivity contribution < 1.29 is 9.59 Å². The van der Waals surface area contributed by atoms with Crippen LogP contribution >= 0.6 is 0 Å². The van der Waals surface area contributed by atoms with Gasteiger partial charge in [0, 0.05) is 13.1 Å². The molecule has 0 aliphatic heterocycles.